The minimum atomic E-state index is -0.531. The van der Waals surface area contributed by atoms with Gasteiger partial charge in [-0.25, -0.2) is 9.18 Å². The summed E-state index contributed by atoms with van der Waals surface area (Å²) in [5.74, 6) is 0.0471. The summed E-state index contributed by atoms with van der Waals surface area (Å²) < 4.78 is 28.3. The number of halogens is 2. The third kappa shape index (κ3) is 2.43. The number of aromatic nitrogens is 4. The van der Waals surface area contributed by atoms with Gasteiger partial charge < -0.3 is 14.0 Å². The van der Waals surface area contributed by atoms with Gasteiger partial charge in [-0.15, -0.1) is 0 Å². The molecule has 10 heteroatoms. The molecular formula is C16H14ClFN4O4. The molecule has 1 aliphatic rings. The first-order chi connectivity index (χ1) is 12.4. The van der Waals surface area contributed by atoms with Crippen LogP contribution in [-0.4, -0.2) is 25.5 Å². The van der Waals surface area contributed by atoms with Crippen molar-refractivity contribution in [2.24, 2.45) is 14.1 Å². The van der Waals surface area contributed by atoms with Gasteiger partial charge in [-0.1, -0.05) is 0 Å². The van der Waals surface area contributed by atoms with Crippen LogP contribution in [0.5, 0.6) is 5.75 Å². The normalized spacial score (nSPS) is 13.7. The smallest absolute Gasteiger partial charge is 0.332 e. The Morgan fingerprint density at radius 3 is 2.81 bits per heavy atom. The molecule has 26 heavy (non-hydrogen) atoms. The molecular weight excluding hydrogens is 367 g/mol. The van der Waals surface area contributed by atoms with Crippen molar-refractivity contribution in [1.82, 2.24) is 18.7 Å². The van der Waals surface area contributed by atoms with E-state index in [1.54, 1.807) is 0 Å². The van der Waals surface area contributed by atoms with Gasteiger partial charge in [-0.05, 0) is 23.7 Å². The standard InChI is InChI=1S/C16H14ClFN4O4/c1-20-13-11(14(23)21(2)16(20)24)22(15(17)19-13)5-8-3-10(18)4-9-6-25-7-26-12(8)9/h3-4H,5-7H2,1-2H3. The zero-order valence-electron chi connectivity index (χ0n) is 14.0. The van der Waals surface area contributed by atoms with E-state index < -0.39 is 17.1 Å². The van der Waals surface area contributed by atoms with Crippen molar-refractivity contribution in [2.75, 3.05) is 6.79 Å². The van der Waals surface area contributed by atoms with Gasteiger partial charge in [0.05, 0.1) is 13.2 Å². The number of hydrogen-bond donors (Lipinski definition) is 0. The summed E-state index contributed by atoms with van der Waals surface area (Å²) >= 11 is 6.22. The molecule has 2 aromatic heterocycles. The average molecular weight is 381 g/mol. The van der Waals surface area contributed by atoms with E-state index in [-0.39, 0.29) is 36.4 Å². The Morgan fingerprint density at radius 2 is 2.04 bits per heavy atom. The molecule has 1 aliphatic heterocycles. The number of rotatable bonds is 2. The zero-order chi connectivity index (χ0) is 18.6. The van der Waals surface area contributed by atoms with Crippen molar-refractivity contribution in [3.8, 4) is 5.75 Å². The van der Waals surface area contributed by atoms with Crippen molar-refractivity contribution in [2.45, 2.75) is 13.2 Å². The van der Waals surface area contributed by atoms with E-state index in [0.29, 0.717) is 16.9 Å². The van der Waals surface area contributed by atoms with Gasteiger partial charge in [0.25, 0.3) is 5.56 Å². The first-order valence-corrected chi connectivity index (χ1v) is 8.10. The summed E-state index contributed by atoms with van der Waals surface area (Å²) in [6, 6.07) is 2.66. The number of benzene rings is 1. The monoisotopic (exact) mass is 380 g/mol. The fraction of sp³-hybridized carbons (Fsp3) is 0.312. The maximum Gasteiger partial charge on any atom is 0.332 e. The van der Waals surface area contributed by atoms with Gasteiger partial charge in [0, 0.05) is 25.2 Å². The summed E-state index contributed by atoms with van der Waals surface area (Å²) in [5.41, 5.74) is 0.360. The predicted molar refractivity (Wildman–Crippen MR) is 91.0 cm³/mol. The van der Waals surface area contributed by atoms with E-state index in [4.69, 9.17) is 21.1 Å². The van der Waals surface area contributed by atoms with Crippen LogP contribution in [0.15, 0.2) is 21.7 Å². The van der Waals surface area contributed by atoms with E-state index >= 15 is 0 Å². The van der Waals surface area contributed by atoms with Gasteiger partial charge in [-0.3, -0.25) is 13.9 Å². The number of hydrogen-bond acceptors (Lipinski definition) is 5. The van der Waals surface area contributed by atoms with Crippen LogP contribution in [0.3, 0.4) is 0 Å². The van der Waals surface area contributed by atoms with Crippen LogP contribution < -0.4 is 16.0 Å². The molecule has 136 valence electrons. The molecule has 0 aliphatic carbocycles. The highest BCUT2D eigenvalue weighted by atomic mass is 35.5. The molecule has 0 amide bonds. The van der Waals surface area contributed by atoms with Gasteiger partial charge in [0.1, 0.15) is 11.6 Å². The van der Waals surface area contributed by atoms with Crippen LogP contribution in [-0.2, 0) is 32.0 Å². The molecule has 1 aromatic carbocycles. The molecule has 0 bridgehead atoms. The van der Waals surface area contributed by atoms with Gasteiger partial charge in [-0.2, -0.15) is 4.98 Å². The van der Waals surface area contributed by atoms with Crippen LogP contribution in [0.1, 0.15) is 11.1 Å². The highest BCUT2D eigenvalue weighted by molar-refractivity contribution is 6.29. The lowest BCUT2D eigenvalue weighted by Crippen LogP contribution is -2.37. The molecule has 0 atom stereocenters. The van der Waals surface area contributed by atoms with Gasteiger partial charge in [0.2, 0.25) is 5.28 Å². The number of nitrogens with zero attached hydrogens (tertiary/aromatic N) is 4. The lowest BCUT2D eigenvalue weighted by molar-refractivity contribution is -0.0173. The number of ether oxygens (including phenoxy) is 2. The minimum Gasteiger partial charge on any atom is -0.467 e. The van der Waals surface area contributed by atoms with Crippen LogP contribution in [0.4, 0.5) is 4.39 Å². The van der Waals surface area contributed by atoms with E-state index in [2.05, 4.69) is 4.98 Å². The van der Waals surface area contributed by atoms with Crippen molar-refractivity contribution in [3.05, 3.63) is 55.2 Å². The summed E-state index contributed by atoms with van der Waals surface area (Å²) in [6.45, 7) is 0.345. The topological polar surface area (TPSA) is 80.3 Å². The highest BCUT2D eigenvalue weighted by Crippen LogP contribution is 2.31. The molecule has 0 fully saturated rings. The lowest BCUT2D eigenvalue weighted by atomic mass is 10.1. The number of fused-ring (bicyclic) bond motifs is 2. The Bertz CT molecular complexity index is 1160. The van der Waals surface area contributed by atoms with E-state index in [9.17, 15) is 14.0 Å². The molecule has 3 aromatic rings. The zero-order valence-corrected chi connectivity index (χ0v) is 14.7. The molecule has 8 nitrogen and oxygen atoms in total. The van der Waals surface area contributed by atoms with E-state index in [0.717, 1.165) is 4.57 Å². The third-order valence-corrected chi connectivity index (χ3v) is 4.67. The average Bonchev–Trinajstić information content (AvgIpc) is 2.94. The van der Waals surface area contributed by atoms with E-state index in [1.807, 2.05) is 0 Å². The molecule has 0 spiro atoms. The quantitative estimate of drug-likeness (QED) is 0.623. The molecule has 0 unspecified atom stereocenters. The molecule has 3 heterocycles. The Morgan fingerprint density at radius 1 is 1.27 bits per heavy atom. The molecule has 0 radical (unpaired) electrons. The maximum atomic E-state index is 14.0. The summed E-state index contributed by atoms with van der Waals surface area (Å²) in [4.78, 5) is 28.8. The lowest BCUT2D eigenvalue weighted by Gasteiger charge is -2.21. The molecule has 4 rings (SSSR count). The Hall–Kier alpha value is -2.65. The Balaban J connectivity index is 1.95. The minimum absolute atomic E-state index is 0.0170. The van der Waals surface area contributed by atoms with Crippen molar-refractivity contribution in [1.29, 1.82) is 0 Å². The van der Waals surface area contributed by atoms with Crippen molar-refractivity contribution in [3.63, 3.8) is 0 Å². The van der Waals surface area contributed by atoms with E-state index in [1.165, 1.54) is 35.4 Å². The molecule has 0 saturated heterocycles. The third-order valence-electron chi connectivity index (χ3n) is 4.38. The summed E-state index contributed by atoms with van der Waals surface area (Å²) in [7, 11) is 2.88. The number of imidazole rings is 1. The van der Waals surface area contributed by atoms with Crippen molar-refractivity contribution < 1.29 is 13.9 Å². The van der Waals surface area contributed by atoms with Crippen molar-refractivity contribution >= 4 is 22.8 Å². The maximum absolute atomic E-state index is 14.0. The van der Waals surface area contributed by atoms with Gasteiger partial charge >= 0.3 is 5.69 Å². The molecule has 0 N–H and O–H groups in total. The fourth-order valence-electron chi connectivity index (χ4n) is 3.11. The largest absolute Gasteiger partial charge is 0.467 e. The predicted octanol–water partition coefficient (Wildman–Crippen LogP) is 1.14. The van der Waals surface area contributed by atoms with Crippen LogP contribution in [0.2, 0.25) is 5.28 Å². The summed E-state index contributed by atoms with van der Waals surface area (Å²) in [5, 5.41) is 0.0170. The van der Waals surface area contributed by atoms with Crippen LogP contribution in [0, 0.1) is 5.82 Å². The van der Waals surface area contributed by atoms with Crippen LogP contribution >= 0.6 is 11.6 Å². The second-order valence-corrected chi connectivity index (χ2v) is 6.35. The Labute approximate surface area is 151 Å². The van der Waals surface area contributed by atoms with Crippen LogP contribution in [0.25, 0.3) is 11.2 Å². The summed E-state index contributed by atoms with van der Waals surface area (Å²) in [6.07, 6.45) is 0. The van der Waals surface area contributed by atoms with Gasteiger partial charge in [0.15, 0.2) is 18.0 Å². The fourth-order valence-corrected chi connectivity index (χ4v) is 3.33. The SMILES string of the molecule is Cn1c(=O)c2c(nc(Cl)n2Cc2cc(F)cc3c2OCOC3)n(C)c1=O. The Kier molecular flexibility index (Phi) is 3.85. The first kappa shape index (κ1) is 16.8. The second-order valence-electron chi connectivity index (χ2n) is 6.01. The first-order valence-electron chi connectivity index (χ1n) is 7.72. The second kappa shape index (κ2) is 5.96. The highest BCUT2D eigenvalue weighted by Gasteiger charge is 2.22. The molecule has 0 saturated carbocycles. The number of aryl methyl sites for hydroxylation is 1.